The summed E-state index contributed by atoms with van der Waals surface area (Å²) in [5.74, 6) is -5.80. The van der Waals surface area contributed by atoms with Gasteiger partial charge in [-0.3, -0.25) is 20.4 Å². The Balaban J connectivity index is 1.84. The molecule has 0 saturated carbocycles. The van der Waals surface area contributed by atoms with E-state index in [0.717, 1.165) is 15.6 Å². The first-order valence-corrected chi connectivity index (χ1v) is 12.0. The van der Waals surface area contributed by atoms with Crippen LogP contribution in [0, 0.1) is 13.8 Å². The van der Waals surface area contributed by atoms with Crippen LogP contribution in [0.5, 0.6) is 0 Å². The monoisotopic (exact) mass is 582 g/mol. The fourth-order valence-electron chi connectivity index (χ4n) is 3.10. The van der Waals surface area contributed by atoms with Crippen LogP contribution in [0.2, 0.25) is 0 Å². The number of aliphatic carboxylic acids is 1. The molecule has 0 unspecified atom stereocenters. The first-order chi connectivity index (χ1) is 18.0. The molecule has 3 aromatic carbocycles. The van der Waals surface area contributed by atoms with Gasteiger partial charge in [-0.2, -0.15) is 0 Å². The van der Waals surface area contributed by atoms with E-state index in [1.54, 1.807) is 50.2 Å². The van der Waals surface area contributed by atoms with Crippen molar-refractivity contribution in [2.45, 2.75) is 26.1 Å². The van der Waals surface area contributed by atoms with Gasteiger partial charge in [0.25, 0.3) is 11.8 Å². The maximum Gasteiger partial charge on any atom is 0.349 e. The van der Waals surface area contributed by atoms with E-state index in [-0.39, 0.29) is 16.7 Å². The average molecular weight is 583 g/mol. The molecule has 3 rings (SSSR count). The van der Waals surface area contributed by atoms with Crippen LogP contribution in [0.3, 0.4) is 0 Å². The minimum Gasteiger partial charge on any atom is -0.478 e. The number of nitrogens with one attached hydrogen (secondary N) is 2. The molecular weight excluding hydrogens is 560 g/mol. The quantitative estimate of drug-likeness (QED) is 0.270. The van der Waals surface area contributed by atoms with Crippen LogP contribution >= 0.6 is 15.9 Å². The Morgan fingerprint density at radius 3 is 1.53 bits per heavy atom. The smallest absolute Gasteiger partial charge is 0.349 e. The summed E-state index contributed by atoms with van der Waals surface area (Å²) in [6.45, 7) is 3.59. The number of carboxylic acid groups (broad SMARTS) is 1. The molecule has 0 heterocycles. The number of benzene rings is 3. The number of carbonyl (C=O) groups excluding carboxylic acids is 4. The second-order valence-electron chi connectivity index (χ2n) is 8.17. The number of halogens is 1. The molecule has 0 saturated heterocycles. The number of hydrogen-bond donors (Lipinski definition) is 3. The molecule has 10 nitrogen and oxygen atoms in total. The van der Waals surface area contributed by atoms with Crippen molar-refractivity contribution in [3.63, 3.8) is 0 Å². The summed E-state index contributed by atoms with van der Waals surface area (Å²) in [6, 6.07) is 18.3. The maximum absolute atomic E-state index is 13.0. The van der Waals surface area contributed by atoms with Crippen LogP contribution in [0.1, 0.15) is 42.2 Å². The van der Waals surface area contributed by atoms with Gasteiger partial charge in [0.2, 0.25) is 12.2 Å². The van der Waals surface area contributed by atoms with Crippen molar-refractivity contribution < 1.29 is 38.6 Å². The zero-order valence-electron chi connectivity index (χ0n) is 20.3. The third-order valence-corrected chi connectivity index (χ3v) is 5.75. The minimum atomic E-state index is -2.23. The first kappa shape index (κ1) is 28.1. The molecular formula is C27H23BrN2O8. The molecule has 38 heavy (non-hydrogen) atoms. The molecule has 2 atom stereocenters. The van der Waals surface area contributed by atoms with Crippen molar-refractivity contribution in [1.29, 1.82) is 0 Å². The molecule has 0 radical (unpaired) electrons. The van der Waals surface area contributed by atoms with Crippen LogP contribution in [0.25, 0.3) is 0 Å². The number of aryl methyl sites for hydroxylation is 2. The standard InChI is InChI=1S/C27H23BrN2O8/c1-15-3-7-18(8-4-15)26(35)37-21(24(32)30-29-23(31)17-11-13-20(28)14-12-17)22(25(33)34)38-27(36)19-9-5-16(2)6-10-19/h3-14,21-22H,1-2H3,(H,29,31)(H,30,32)(H,33,34)/t21-,22-/m1/s1. The van der Waals surface area contributed by atoms with Crippen LogP contribution in [-0.4, -0.2) is 47.0 Å². The van der Waals surface area contributed by atoms with E-state index >= 15 is 0 Å². The first-order valence-electron chi connectivity index (χ1n) is 11.2. The van der Waals surface area contributed by atoms with E-state index in [4.69, 9.17) is 9.47 Å². The van der Waals surface area contributed by atoms with Gasteiger partial charge < -0.3 is 14.6 Å². The lowest BCUT2D eigenvalue weighted by Crippen LogP contribution is -2.54. The van der Waals surface area contributed by atoms with Crippen LogP contribution in [-0.2, 0) is 19.1 Å². The van der Waals surface area contributed by atoms with Crippen molar-refractivity contribution in [2.24, 2.45) is 0 Å². The molecule has 0 spiro atoms. The second-order valence-corrected chi connectivity index (χ2v) is 9.09. The molecule has 2 amide bonds. The lowest BCUT2D eigenvalue weighted by Gasteiger charge is -2.23. The number of rotatable bonds is 8. The molecule has 0 aliphatic heterocycles. The second kappa shape index (κ2) is 12.6. The van der Waals surface area contributed by atoms with Gasteiger partial charge in [0.1, 0.15) is 0 Å². The predicted octanol–water partition coefficient (Wildman–Crippen LogP) is 3.36. The van der Waals surface area contributed by atoms with Crippen molar-refractivity contribution >= 4 is 45.7 Å². The zero-order chi connectivity index (χ0) is 27.8. The lowest BCUT2D eigenvalue weighted by molar-refractivity contribution is -0.159. The minimum absolute atomic E-state index is 0.0226. The summed E-state index contributed by atoms with van der Waals surface area (Å²) in [4.78, 5) is 62.9. The van der Waals surface area contributed by atoms with Gasteiger partial charge in [-0.1, -0.05) is 51.3 Å². The van der Waals surface area contributed by atoms with Gasteiger partial charge in [-0.05, 0) is 62.4 Å². The normalized spacial score (nSPS) is 12.0. The van der Waals surface area contributed by atoms with E-state index in [2.05, 4.69) is 21.4 Å². The third kappa shape index (κ3) is 7.50. The Morgan fingerprint density at radius 1 is 0.658 bits per heavy atom. The molecule has 3 N–H and O–H groups in total. The van der Waals surface area contributed by atoms with Gasteiger partial charge in [0, 0.05) is 10.0 Å². The van der Waals surface area contributed by atoms with E-state index in [9.17, 15) is 29.1 Å². The Morgan fingerprint density at radius 2 is 1.08 bits per heavy atom. The Labute approximate surface area is 226 Å². The van der Waals surface area contributed by atoms with Crippen molar-refractivity contribution in [3.05, 3.63) is 105 Å². The van der Waals surface area contributed by atoms with Crippen molar-refractivity contribution in [2.75, 3.05) is 0 Å². The Kier molecular flexibility index (Phi) is 9.33. The highest BCUT2D eigenvalue weighted by atomic mass is 79.9. The van der Waals surface area contributed by atoms with Crippen molar-refractivity contribution in [3.8, 4) is 0 Å². The van der Waals surface area contributed by atoms with E-state index in [1.165, 1.54) is 36.4 Å². The van der Waals surface area contributed by atoms with Crippen LogP contribution in [0.4, 0.5) is 0 Å². The molecule has 0 aliphatic rings. The number of carboxylic acids is 1. The average Bonchev–Trinajstić information content (AvgIpc) is 2.89. The van der Waals surface area contributed by atoms with Gasteiger partial charge in [-0.25, -0.2) is 14.4 Å². The van der Waals surface area contributed by atoms with Gasteiger partial charge in [0.15, 0.2) is 0 Å². The summed E-state index contributed by atoms with van der Waals surface area (Å²) in [7, 11) is 0. The highest BCUT2D eigenvalue weighted by Crippen LogP contribution is 2.15. The molecule has 0 bridgehead atoms. The largest absolute Gasteiger partial charge is 0.478 e. The highest BCUT2D eigenvalue weighted by molar-refractivity contribution is 9.10. The van der Waals surface area contributed by atoms with E-state index in [1.807, 2.05) is 5.43 Å². The van der Waals surface area contributed by atoms with Crippen molar-refractivity contribution in [1.82, 2.24) is 10.9 Å². The summed E-state index contributed by atoms with van der Waals surface area (Å²) >= 11 is 3.24. The number of esters is 2. The fourth-order valence-corrected chi connectivity index (χ4v) is 3.37. The summed E-state index contributed by atoms with van der Waals surface area (Å²) < 4.78 is 11.0. The number of hydrazine groups is 1. The molecule has 3 aromatic rings. The third-order valence-electron chi connectivity index (χ3n) is 5.22. The Hall–Kier alpha value is -4.51. The molecule has 11 heteroatoms. The van der Waals surface area contributed by atoms with Crippen LogP contribution < -0.4 is 10.9 Å². The number of carbonyl (C=O) groups is 5. The summed E-state index contributed by atoms with van der Waals surface area (Å²) in [5, 5.41) is 9.79. The maximum atomic E-state index is 13.0. The number of ether oxygens (including phenoxy) is 2. The lowest BCUT2D eigenvalue weighted by atomic mass is 10.1. The molecule has 0 aliphatic carbocycles. The number of hydrogen-bond acceptors (Lipinski definition) is 7. The topological polar surface area (TPSA) is 148 Å². The molecule has 0 aromatic heterocycles. The Bertz CT molecular complexity index is 1340. The van der Waals surface area contributed by atoms with Gasteiger partial charge in [-0.15, -0.1) is 0 Å². The SMILES string of the molecule is Cc1ccc(C(=O)O[C@@H](C(=O)O)[C@@H](OC(=O)c2ccc(C)cc2)C(=O)NNC(=O)c2ccc(Br)cc2)cc1. The zero-order valence-corrected chi connectivity index (χ0v) is 21.9. The highest BCUT2D eigenvalue weighted by Gasteiger charge is 2.41. The fraction of sp³-hybridized carbons (Fsp3) is 0.148. The molecule has 196 valence electrons. The van der Waals surface area contributed by atoms with E-state index in [0.29, 0.717) is 0 Å². The van der Waals surface area contributed by atoms with Gasteiger partial charge >= 0.3 is 17.9 Å². The molecule has 0 fully saturated rings. The summed E-state index contributed by atoms with van der Waals surface area (Å²) in [6.07, 6.45) is -4.39. The number of amides is 2. The predicted molar refractivity (Wildman–Crippen MR) is 138 cm³/mol. The van der Waals surface area contributed by atoms with Crippen LogP contribution in [0.15, 0.2) is 77.3 Å². The summed E-state index contributed by atoms with van der Waals surface area (Å²) in [5.41, 5.74) is 6.09. The van der Waals surface area contributed by atoms with Gasteiger partial charge in [0.05, 0.1) is 11.1 Å². The van der Waals surface area contributed by atoms with E-state index < -0.39 is 41.9 Å².